The Labute approximate surface area is 145 Å². The highest BCUT2D eigenvalue weighted by Gasteiger charge is 2.39. The summed E-state index contributed by atoms with van der Waals surface area (Å²) in [5, 5.41) is 12.3. The summed E-state index contributed by atoms with van der Waals surface area (Å²) >= 11 is 0. The molecule has 3 aromatic rings. The summed E-state index contributed by atoms with van der Waals surface area (Å²) in [5.74, 6) is -1.53. The van der Waals surface area contributed by atoms with Crippen LogP contribution in [0.2, 0.25) is 0 Å². The Balaban J connectivity index is 2.01. The van der Waals surface area contributed by atoms with Gasteiger partial charge in [-0.05, 0) is 24.6 Å². The summed E-state index contributed by atoms with van der Waals surface area (Å²) in [7, 11) is 1.98. The van der Waals surface area contributed by atoms with Gasteiger partial charge in [0.1, 0.15) is 0 Å². The number of benzene rings is 2. The topological polar surface area (TPSA) is 65.4 Å². The summed E-state index contributed by atoms with van der Waals surface area (Å²) in [4.78, 5) is 25.5. The highest BCUT2D eigenvalue weighted by molar-refractivity contribution is 6.02. The molecular weight excluding hydrogens is 316 g/mol. The maximum atomic E-state index is 12.8. The summed E-state index contributed by atoms with van der Waals surface area (Å²) < 4.78 is 2.08. The first-order valence-electron chi connectivity index (χ1n) is 8.14. The zero-order valence-corrected chi connectivity index (χ0v) is 14.0. The van der Waals surface area contributed by atoms with Crippen LogP contribution in [-0.4, -0.2) is 27.9 Å². The van der Waals surface area contributed by atoms with Gasteiger partial charge in [0.05, 0.1) is 18.6 Å². The first-order valence-corrected chi connectivity index (χ1v) is 8.14. The Morgan fingerprint density at radius 3 is 2.56 bits per heavy atom. The lowest BCUT2D eigenvalue weighted by Crippen LogP contribution is -2.40. The molecule has 5 heteroatoms. The molecule has 0 fully saturated rings. The molecule has 1 amide bonds. The molecule has 2 heterocycles. The molecule has 1 atom stereocenters. The fourth-order valence-electron chi connectivity index (χ4n) is 3.88. The molecule has 0 radical (unpaired) electrons. The average Bonchev–Trinajstić information content (AvgIpc) is 3.01. The van der Waals surface area contributed by atoms with E-state index in [1.54, 1.807) is 12.1 Å². The number of nitrogens with zero attached hydrogens (tertiary/aromatic N) is 2. The van der Waals surface area contributed by atoms with Gasteiger partial charge in [-0.2, -0.15) is 0 Å². The van der Waals surface area contributed by atoms with Crippen LogP contribution in [0.25, 0.3) is 10.9 Å². The number of fused-ring (bicyclic) bond motifs is 2. The predicted octanol–water partition coefficient (Wildman–Crippen LogP) is 1.78. The van der Waals surface area contributed by atoms with Crippen molar-refractivity contribution in [2.24, 2.45) is 7.05 Å². The number of hydrogen-bond acceptors (Lipinski definition) is 3. The summed E-state index contributed by atoms with van der Waals surface area (Å²) in [5.41, 5.74) is 4.44. The van der Waals surface area contributed by atoms with E-state index in [-0.39, 0.29) is 5.91 Å². The summed E-state index contributed by atoms with van der Waals surface area (Å²) in [6.45, 7) is 1.57. The maximum absolute atomic E-state index is 12.8. The van der Waals surface area contributed by atoms with E-state index in [2.05, 4.69) is 4.57 Å². The van der Waals surface area contributed by atoms with Crippen LogP contribution in [0.15, 0.2) is 48.5 Å². The van der Waals surface area contributed by atoms with Crippen molar-refractivity contribution in [1.29, 1.82) is 0 Å². The van der Waals surface area contributed by atoms with Gasteiger partial charge < -0.3 is 19.4 Å². The predicted molar refractivity (Wildman–Crippen MR) is 92.0 cm³/mol. The van der Waals surface area contributed by atoms with Gasteiger partial charge in [-0.15, -0.1) is 0 Å². The van der Waals surface area contributed by atoms with Crippen LogP contribution in [0.5, 0.6) is 0 Å². The van der Waals surface area contributed by atoms with E-state index in [1.165, 1.54) is 4.90 Å². The SMILES string of the molecule is Cc1c([C@H]2c3ccccc3C(=O)N2CC(=O)[O-])c2ccccc2n1C. The van der Waals surface area contributed by atoms with Crippen molar-refractivity contribution in [3.63, 3.8) is 0 Å². The summed E-state index contributed by atoms with van der Waals surface area (Å²) in [6.07, 6.45) is 0. The quantitative estimate of drug-likeness (QED) is 0.734. The Hall–Kier alpha value is -3.08. The Morgan fingerprint density at radius 2 is 1.80 bits per heavy atom. The van der Waals surface area contributed by atoms with Gasteiger partial charge in [0.15, 0.2) is 0 Å². The van der Waals surface area contributed by atoms with Crippen LogP contribution in [0.4, 0.5) is 0 Å². The second-order valence-corrected chi connectivity index (χ2v) is 6.37. The minimum Gasteiger partial charge on any atom is -0.548 e. The first kappa shape index (κ1) is 15.4. The van der Waals surface area contributed by atoms with Crippen molar-refractivity contribution >= 4 is 22.8 Å². The number of aryl methyl sites for hydroxylation is 1. The minimum atomic E-state index is -1.26. The second-order valence-electron chi connectivity index (χ2n) is 6.37. The number of hydrogen-bond donors (Lipinski definition) is 0. The van der Waals surface area contributed by atoms with Gasteiger partial charge in [0, 0.05) is 34.8 Å². The van der Waals surface area contributed by atoms with Crippen LogP contribution in [-0.2, 0) is 11.8 Å². The van der Waals surface area contributed by atoms with Crippen LogP contribution >= 0.6 is 0 Å². The fraction of sp³-hybridized carbons (Fsp3) is 0.200. The third kappa shape index (κ3) is 2.16. The normalized spacial score (nSPS) is 16.5. The molecule has 0 bridgehead atoms. The van der Waals surface area contributed by atoms with E-state index < -0.39 is 18.6 Å². The molecule has 1 aliphatic rings. The van der Waals surface area contributed by atoms with Crippen molar-refractivity contribution < 1.29 is 14.7 Å². The Kier molecular flexibility index (Phi) is 3.39. The molecule has 0 saturated heterocycles. The fourth-order valence-corrected chi connectivity index (χ4v) is 3.88. The van der Waals surface area contributed by atoms with Crippen LogP contribution < -0.4 is 5.11 Å². The van der Waals surface area contributed by atoms with Crippen molar-refractivity contribution in [3.8, 4) is 0 Å². The number of carbonyl (C=O) groups is 2. The molecule has 2 aromatic carbocycles. The number of para-hydroxylation sites is 1. The molecule has 0 aliphatic carbocycles. The smallest absolute Gasteiger partial charge is 0.255 e. The molecular formula is C20H17N2O3-. The number of amides is 1. The minimum absolute atomic E-state index is 0.267. The third-order valence-corrected chi connectivity index (χ3v) is 5.08. The largest absolute Gasteiger partial charge is 0.548 e. The van der Waals surface area contributed by atoms with E-state index in [1.807, 2.05) is 50.4 Å². The zero-order valence-electron chi connectivity index (χ0n) is 14.0. The number of aliphatic carboxylic acids is 1. The number of carboxylic acid groups (broad SMARTS) is 1. The van der Waals surface area contributed by atoms with E-state index >= 15 is 0 Å². The van der Waals surface area contributed by atoms with Gasteiger partial charge in [0.2, 0.25) is 0 Å². The van der Waals surface area contributed by atoms with Gasteiger partial charge in [0.25, 0.3) is 5.91 Å². The van der Waals surface area contributed by atoms with E-state index in [0.717, 1.165) is 27.7 Å². The Morgan fingerprint density at radius 1 is 1.12 bits per heavy atom. The van der Waals surface area contributed by atoms with Crippen molar-refractivity contribution in [1.82, 2.24) is 9.47 Å². The monoisotopic (exact) mass is 333 g/mol. The molecule has 126 valence electrons. The standard InChI is InChI=1S/C20H18N2O3/c1-12-18(15-9-5-6-10-16(15)21(12)2)19-13-7-3-4-8-14(13)20(25)22(19)11-17(23)24/h3-10,19H,11H2,1-2H3,(H,23,24)/p-1/t19-/m1/s1. The zero-order chi connectivity index (χ0) is 17.7. The van der Waals surface area contributed by atoms with Gasteiger partial charge in [-0.3, -0.25) is 4.79 Å². The van der Waals surface area contributed by atoms with Gasteiger partial charge in [-0.1, -0.05) is 36.4 Å². The third-order valence-electron chi connectivity index (χ3n) is 5.08. The molecule has 4 rings (SSSR count). The molecule has 0 saturated carbocycles. The molecule has 25 heavy (non-hydrogen) atoms. The highest BCUT2D eigenvalue weighted by atomic mass is 16.4. The van der Waals surface area contributed by atoms with E-state index in [0.29, 0.717) is 5.56 Å². The lowest BCUT2D eigenvalue weighted by molar-refractivity contribution is -0.305. The average molecular weight is 333 g/mol. The van der Waals surface area contributed by atoms with Crippen LogP contribution in [0.3, 0.4) is 0 Å². The van der Waals surface area contributed by atoms with Crippen molar-refractivity contribution in [2.45, 2.75) is 13.0 Å². The number of carboxylic acids is 1. The molecule has 0 unspecified atom stereocenters. The number of aromatic nitrogens is 1. The lowest BCUT2D eigenvalue weighted by atomic mass is 9.95. The summed E-state index contributed by atoms with van der Waals surface area (Å²) in [6, 6.07) is 14.9. The highest BCUT2D eigenvalue weighted by Crippen LogP contribution is 2.43. The van der Waals surface area contributed by atoms with Gasteiger partial charge in [-0.25, -0.2) is 0 Å². The van der Waals surface area contributed by atoms with Gasteiger partial charge >= 0.3 is 0 Å². The maximum Gasteiger partial charge on any atom is 0.255 e. The van der Waals surface area contributed by atoms with Crippen LogP contribution in [0, 0.1) is 6.92 Å². The molecule has 0 spiro atoms. The molecule has 1 aliphatic heterocycles. The molecule has 1 aromatic heterocycles. The Bertz CT molecular complexity index is 1020. The molecule has 5 nitrogen and oxygen atoms in total. The first-order chi connectivity index (χ1) is 12.0. The number of carbonyl (C=O) groups excluding carboxylic acids is 2. The van der Waals surface area contributed by atoms with Crippen molar-refractivity contribution in [2.75, 3.05) is 6.54 Å². The van der Waals surface area contributed by atoms with Crippen LogP contribution in [0.1, 0.15) is 33.2 Å². The lowest BCUT2D eigenvalue weighted by Gasteiger charge is -2.26. The van der Waals surface area contributed by atoms with E-state index in [4.69, 9.17) is 0 Å². The number of rotatable bonds is 3. The second kappa shape index (κ2) is 5.48. The van der Waals surface area contributed by atoms with E-state index in [9.17, 15) is 14.7 Å². The van der Waals surface area contributed by atoms with Crippen molar-refractivity contribution in [3.05, 3.63) is 70.9 Å². The molecule has 0 N–H and O–H groups in total.